The number of non-ortho nitro benzene ring substituents is 1. The zero-order valence-corrected chi connectivity index (χ0v) is 26.9. The predicted octanol–water partition coefficient (Wildman–Crippen LogP) is 6.00. The van der Waals surface area contributed by atoms with E-state index in [0.29, 0.717) is 17.1 Å². The number of hydrogen-bond donors (Lipinski definition) is 1. The Balaban J connectivity index is 1.81. The van der Waals surface area contributed by atoms with Gasteiger partial charge in [-0.15, -0.1) is 0 Å². The van der Waals surface area contributed by atoms with E-state index in [1.54, 1.807) is 42.5 Å². The number of amides is 2. The molecule has 0 fully saturated rings. The highest BCUT2D eigenvalue weighted by atomic mass is 35.5. The summed E-state index contributed by atoms with van der Waals surface area (Å²) in [5.41, 5.74) is 1.07. The summed E-state index contributed by atoms with van der Waals surface area (Å²) in [6.45, 7) is 1.66. The van der Waals surface area contributed by atoms with E-state index in [9.17, 15) is 28.1 Å². The Kier molecular flexibility index (Phi) is 11.9. The quantitative estimate of drug-likeness (QED) is 0.0944. The van der Waals surface area contributed by atoms with Crippen molar-refractivity contribution >= 4 is 44.8 Å². The van der Waals surface area contributed by atoms with Gasteiger partial charge >= 0.3 is 0 Å². The zero-order chi connectivity index (χ0) is 33.1. The topological polar surface area (TPSA) is 130 Å². The van der Waals surface area contributed by atoms with Crippen LogP contribution in [-0.2, 0) is 32.6 Å². The normalized spacial score (nSPS) is 11.8. The molecule has 0 aliphatic rings. The molecule has 4 aromatic rings. The molecule has 4 rings (SSSR count). The van der Waals surface area contributed by atoms with Crippen molar-refractivity contribution < 1.29 is 22.9 Å². The zero-order valence-electron chi connectivity index (χ0n) is 25.3. The Bertz CT molecular complexity index is 1740. The predicted molar refractivity (Wildman–Crippen MR) is 178 cm³/mol. The van der Waals surface area contributed by atoms with E-state index in [-0.39, 0.29) is 35.1 Å². The molecule has 0 aliphatic carbocycles. The van der Waals surface area contributed by atoms with Gasteiger partial charge in [0.25, 0.3) is 15.7 Å². The second-order valence-corrected chi connectivity index (χ2v) is 12.9. The van der Waals surface area contributed by atoms with Crippen molar-refractivity contribution in [3.8, 4) is 0 Å². The standard InChI is InChI=1S/C34H35ClN4O6S/c1-2-3-21-36-34(41)32(22-26-11-6-4-7-12-26)37(24-27-17-19-28(35)20-18-27)33(40)25-38(29-13-10-14-30(23-29)39(42)43)46(44,45)31-15-8-5-9-16-31/h4-20,23,32H,2-3,21-22,24-25H2,1H3,(H,36,41)/t32-/m0/s1. The van der Waals surface area contributed by atoms with Gasteiger partial charge in [-0.2, -0.15) is 0 Å². The van der Waals surface area contributed by atoms with Crippen LogP contribution in [0.2, 0.25) is 5.02 Å². The van der Waals surface area contributed by atoms with Crippen LogP contribution in [-0.4, -0.2) is 49.2 Å². The molecule has 0 radical (unpaired) electrons. The first-order chi connectivity index (χ1) is 22.1. The fourth-order valence-electron chi connectivity index (χ4n) is 4.86. The summed E-state index contributed by atoms with van der Waals surface area (Å²) in [7, 11) is -4.38. The Labute approximate surface area is 273 Å². The molecule has 0 saturated carbocycles. The maximum atomic E-state index is 14.4. The van der Waals surface area contributed by atoms with Crippen LogP contribution in [0.1, 0.15) is 30.9 Å². The minimum absolute atomic E-state index is 0.0249. The second-order valence-electron chi connectivity index (χ2n) is 10.6. The molecule has 2 amide bonds. The van der Waals surface area contributed by atoms with Gasteiger partial charge in [0, 0.05) is 36.7 Å². The molecular weight excluding hydrogens is 628 g/mol. The summed E-state index contributed by atoms with van der Waals surface area (Å²) < 4.78 is 28.9. The van der Waals surface area contributed by atoms with Crippen LogP contribution in [0.25, 0.3) is 0 Å². The Morgan fingerprint density at radius 3 is 2.17 bits per heavy atom. The first-order valence-electron chi connectivity index (χ1n) is 14.8. The van der Waals surface area contributed by atoms with Crippen molar-refractivity contribution in [2.24, 2.45) is 0 Å². The number of unbranched alkanes of at least 4 members (excludes halogenated alkanes) is 1. The lowest BCUT2D eigenvalue weighted by Crippen LogP contribution is -2.53. The van der Waals surface area contributed by atoms with E-state index in [4.69, 9.17) is 11.6 Å². The first kappa shape index (κ1) is 34.1. The number of benzene rings is 4. The van der Waals surface area contributed by atoms with Gasteiger partial charge in [-0.1, -0.05) is 91.7 Å². The molecule has 240 valence electrons. The lowest BCUT2D eigenvalue weighted by atomic mass is 10.0. The number of halogens is 1. The molecule has 0 unspecified atom stereocenters. The molecule has 0 heterocycles. The Hall–Kier alpha value is -4.74. The third kappa shape index (κ3) is 8.92. The van der Waals surface area contributed by atoms with Gasteiger partial charge in [-0.3, -0.25) is 24.0 Å². The highest BCUT2D eigenvalue weighted by Gasteiger charge is 2.35. The van der Waals surface area contributed by atoms with Crippen LogP contribution in [0.5, 0.6) is 0 Å². The SMILES string of the molecule is CCCCNC(=O)[C@H](Cc1ccccc1)N(Cc1ccc(Cl)cc1)C(=O)CN(c1cccc([N+](=O)[O-])c1)S(=O)(=O)c1ccccc1. The molecule has 0 aliphatic heterocycles. The fraction of sp³-hybridized carbons (Fsp3) is 0.235. The summed E-state index contributed by atoms with van der Waals surface area (Å²) in [6.07, 6.45) is 1.76. The van der Waals surface area contributed by atoms with Crippen LogP contribution in [0.15, 0.2) is 114 Å². The molecule has 1 N–H and O–H groups in total. The van der Waals surface area contributed by atoms with Gasteiger partial charge in [0.15, 0.2) is 0 Å². The van der Waals surface area contributed by atoms with E-state index >= 15 is 0 Å². The van der Waals surface area contributed by atoms with Crippen molar-refractivity contribution in [2.45, 2.75) is 43.7 Å². The minimum atomic E-state index is -4.38. The highest BCUT2D eigenvalue weighted by Crippen LogP contribution is 2.28. The van der Waals surface area contributed by atoms with Crippen molar-refractivity contribution in [1.82, 2.24) is 10.2 Å². The molecule has 0 bridgehead atoms. The van der Waals surface area contributed by atoms with Crippen LogP contribution >= 0.6 is 11.6 Å². The minimum Gasteiger partial charge on any atom is -0.354 e. The van der Waals surface area contributed by atoms with E-state index in [2.05, 4.69) is 5.32 Å². The molecule has 10 nitrogen and oxygen atoms in total. The summed E-state index contributed by atoms with van der Waals surface area (Å²) in [5.74, 6) is -1.06. The maximum absolute atomic E-state index is 14.4. The Morgan fingerprint density at radius 2 is 1.54 bits per heavy atom. The number of rotatable bonds is 15. The summed E-state index contributed by atoms with van der Waals surface area (Å²) >= 11 is 6.12. The number of nitrogens with zero attached hydrogens (tertiary/aromatic N) is 3. The third-order valence-electron chi connectivity index (χ3n) is 7.31. The molecular formula is C34H35ClN4O6S. The van der Waals surface area contributed by atoms with Crippen LogP contribution in [0.3, 0.4) is 0 Å². The number of anilines is 1. The molecule has 1 atom stereocenters. The number of carbonyl (C=O) groups is 2. The number of sulfonamides is 1. The van der Waals surface area contributed by atoms with Crippen LogP contribution < -0.4 is 9.62 Å². The van der Waals surface area contributed by atoms with Gasteiger partial charge in [0.05, 0.1) is 15.5 Å². The molecule has 12 heteroatoms. The monoisotopic (exact) mass is 662 g/mol. The van der Waals surface area contributed by atoms with Crippen LogP contribution in [0, 0.1) is 10.1 Å². The number of hydrogen-bond acceptors (Lipinski definition) is 6. The number of nitro benzene ring substituents is 1. The highest BCUT2D eigenvalue weighted by molar-refractivity contribution is 7.92. The van der Waals surface area contributed by atoms with Gasteiger partial charge < -0.3 is 10.2 Å². The number of nitro groups is 1. The van der Waals surface area contributed by atoms with Crippen molar-refractivity contribution in [2.75, 3.05) is 17.4 Å². The molecule has 0 spiro atoms. The molecule has 0 saturated heterocycles. The van der Waals surface area contributed by atoms with Crippen molar-refractivity contribution in [3.05, 3.63) is 135 Å². The lowest BCUT2D eigenvalue weighted by Gasteiger charge is -2.34. The average Bonchev–Trinajstić information content (AvgIpc) is 3.06. The third-order valence-corrected chi connectivity index (χ3v) is 9.35. The molecule has 4 aromatic carbocycles. The summed E-state index contributed by atoms with van der Waals surface area (Å²) in [4.78, 5) is 40.4. The second kappa shape index (κ2) is 16.0. The summed E-state index contributed by atoms with van der Waals surface area (Å²) in [5, 5.41) is 15.0. The summed E-state index contributed by atoms with van der Waals surface area (Å²) in [6, 6.07) is 27.6. The average molecular weight is 663 g/mol. The van der Waals surface area contributed by atoms with E-state index in [1.807, 2.05) is 37.3 Å². The number of nitrogens with one attached hydrogen (secondary N) is 1. The van der Waals surface area contributed by atoms with Gasteiger partial charge in [0.1, 0.15) is 12.6 Å². The van der Waals surface area contributed by atoms with Crippen molar-refractivity contribution in [3.63, 3.8) is 0 Å². The first-order valence-corrected chi connectivity index (χ1v) is 16.6. The van der Waals surface area contributed by atoms with E-state index in [0.717, 1.165) is 28.8 Å². The van der Waals surface area contributed by atoms with Crippen LogP contribution in [0.4, 0.5) is 11.4 Å². The smallest absolute Gasteiger partial charge is 0.271 e. The van der Waals surface area contributed by atoms with Crippen molar-refractivity contribution in [1.29, 1.82) is 0 Å². The van der Waals surface area contributed by atoms with Gasteiger partial charge in [0.2, 0.25) is 11.8 Å². The molecule has 46 heavy (non-hydrogen) atoms. The molecule has 0 aromatic heterocycles. The largest absolute Gasteiger partial charge is 0.354 e. The van der Waals surface area contributed by atoms with E-state index < -0.39 is 33.4 Å². The Morgan fingerprint density at radius 1 is 0.891 bits per heavy atom. The van der Waals surface area contributed by atoms with Gasteiger partial charge in [-0.25, -0.2) is 8.42 Å². The number of carbonyl (C=O) groups excluding carboxylic acids is 2. The lowest BCUT2D eigenvalue weighted by molar-refractivity contribution is -0.384. The van der Waals surface area contributed by atoms with Gasteiger partial charge in [-0.05, 0) is 47.9 Å². The maximum Gasteiger partial charge on any atom is 0.271 e. The fourth-order valence-corrected chi connectivity index (χ4v) is 6.41. The van der Waals surface area contributed by atoms with E-state index in [1.165, 1.54) is 35.2 Å².